The highest BCUT2D eigenvalue weighted by Gasteiger charge is 2.34. The highest BCUT2D eigenvalue weighted by Crippen LogP contribution is 2.35. The second-order valence-electron chi connectivity index (χ2n) is 10.3. The van der Waals surface area contributed by atoms with Crippen molar-refractivity contribution in [2.45, 2.75) is 54.0 Å². The molecule has 0 atom stereocenters. The predicted octanol–water partition coefficient (Wildman–Crippen LogP) is 6.02. The van der Waals surface area contributed by atoms with Crippen molar-refractivity contribution in [3.63, 3.8) is 0 Å². The van der Waals surface area contributed by atoms with Gasteiger partial charge in [0.05, 0.1) is 23.6 Å². The summed E-state index contributed by atoms with van der Waals surface area (Å²) in [7, 11) is 1.53. The Balaban J connectivity index is 2.31. The van der Waals surface area contributed by atoms with Crippen LogP contribution in [0.4, 0.5) is 0 Å². The van der Waals surface area contributed by atoms with Crippen LogP contribution < -0.4 is 4.74 Å². The Kier molecular flexibility index (Phi) is 6.89. The molecular weight excluding hydrogens is 440 g/mol. The van der Waals surface area contributed by atoms with E-state index in [-0.39, 0.29) is 17.6 Å². The Hall–Kier alpha value is -2.86. The Morgan fingerprint density at radius 1 is 1.06 bits per heavy atom. The first-order valence-electron chi connectivity index (χ1n) is 10.9. The lowest BCUT2D eigenvalue weighted by molar-refractivity contribution is -0.146. The maximum atomic E-state index is 13.6. The molecule has 0 unspecified atom stereocenters. The van der Waals surface area contributed by atoms with Gasteiger partial charge in [0.15, 0.2) is 5.78 Å². The van der Waals surface area contributed by atoms with Gasteiger partial charge >= 0.3 is 5.97 Å². The molecule has 2 aromatic heterocycles. The number of aromatic nitrogens is 2. The molecule has 0 aliphatic heterocycles. The zero-order chi connectivity index (χ0) is 24.6. The van der Waals surface area contributed by atoms with Crippen molar-refractivity contribution in [2.75, 3.05) is 7.11 Å². The molecule has 176 valence electrons. The lowest BCUT2D eigenvalue weighted by Gasteiger charge is -2.23. The summed E-state index contributed by atoms with van der Waals surface area (Å²) in [5.74, 6) is -0.579. The number of Topliss-reactive ketones (excluding diaryl/α,β-unsaturated/α-hetero) is 1. The minimum atomic E-state index is -1.08. The molecule has 7 heteroatoms. The summed E-state index contributed by atoms with van der Waals surface area (Å²) in [4.78, 5) is 30.2. The van der Waals surface area contributed by atoms with Crippen LogP contribution in [0.5, 0.6) is 5.88 Å². The van der Waals surface area contributed by atoms with Crippen LogP contribution in [0.25, 0.3) is 11.0 Å². The monoisotopic (exact) mass is 470 g/mol. The van der Waals surface area contributed by atoms with Gasteiger partial charge in [-0.05, 0) is 43.0 Å². The third-order valence-electron chi connectivity index (χ3n) is 5.61. The Morgan fingerprint density at radius 3 is 2.24 bits per heavy atom. The summed E-state index contributed by atoms with van der Waals surface area (Å²) in [6.07, 6.45) is 0.492. The first-order valence-corrected chi connectivity index (χ1v) is 11.3. The fraction of sp³-hybridized carbons (Fsp3) is 0.423. The van der Waals surface area contributed by atoms with Crippen LogP contribution in [0, 0.1) is 10.8 Å². The van der Waals surface area contributed by atoms with Gasteiger partial charge in [-0.3, -0.25) is 9.59 Å². The minimum absolute atomic E-state index is 0.0562. The number of methoxy groups -OCH3 is 1. The number of ketones is 1. The molecule has 1 N–H and O–H groups in total. The zero-order valence-electron chi connectivity index (χ0n) is 20.0. The molecule has 0 spiro atoms. The number of halogens is 1. The van der Waals surface area contributed by atoms with Gasteiger partial charge in [-0.2, -0.15) is 0 Å². The number of hydrogen-bond acceptors (Lipinski definition) is 4. The topological polar surface area (TPSA) is 81.4 Å². The van der Waals surface area contributed by atoms with E-state index < -0.39 is 11.4 Å². The minimum Gasteiger partial charge on any atom is -0.481 e. The highest BCUT2D eigenvalue weighted by atomic mass is 35.5. The van der Waals surface area contributed by atoms with E-state index in [1.165, 1.54) is 7.11 Å². The van der Waals surface area contributed by atoms with E-state index in [4.69, 9.17) is 16.3 Å². The van der Waals surface area contributed by atoms with Crippen molar-refractivity contribution in [1.29, 1.82) is 0 Å². The second-order valence-corrected chi connectivity index (χ2v) is 10.7. The number of aliphatic carboxylic acids is 1. The summed E-state index contributed by atoms with van der Waals surface area (Å²) >= 11 is 6.06. The van der Waals surface area contributed by atoms with Gasteiger partial charge in [-0.15, -0.1) is 0 Å². The normalized spacial score (nSPS) is 12.2. The van der Waals surface area contributed by atoms with Crippen molar-refractivity contribution in [3.05, 3.63) is 58.2 Å². The average molecular weight is 471 g/mol. The standard InChI is InChI=1S/C26H31ClN2O4/c1-25(2,3)14-20(30)22-19(13-26(4,5)24(31)32)29(15-16-7-9-17(27)10-8-16)18-11-12-21(33-6)28-23(18)22/h7-12H,13-15H2,1-6H3,(H,31,32). The number of rotatable bonds is 8. The van der Waals surface area contributed by atoms with Gasteiger partial charge < -0.3 is 14.4 Å². The van der Waals surface area contributed by atoms with E-state index >= 15 is 0 Å². The summed E-state index contributed by atoms with van der Waals surface area (Å²) in [6, 6.07) is 11.1. The third kappa shape index (κ3) is 5.56. The van der Waals surface area contributed by atoms with Crippen molar-refractivity contribution in [2.24, 2.45) is 10.8 Å². The molecule has 6 nitrogen and oxygen atoms in total. The number of carboxylic acids is 1. The van der Waals surface area contributed by atoms with Crippen LogP contribution in [0.3, 0.4) is 0 Å². The smallest absolute Gasteiger partial charge is 0.309 e. The number of fused-ring (bicyclic) bond motifs is 1. The number of carboxylic acid groups (broad SMARTS) is 1. The van der Waals surface area contributed by atoms with Gasteiger partial charge in [-0.25, -0.2) is 4.98 Å². The lowest BCUT2D eigenvalue weighted by Crippen LogP contribution is -2.28. The van der Waals surface area contributed by atoms with Crippen molar-refractivity contribution >= 4 is 34.4 Å². The number of ether oxygens (including phenoxy) is 1. The molecule has 0 amide bonds. The first kappa shape index (κ1) is 24.8. The molecule has 2 heterocycles. The van der Waals surface area contributed by atoms with Crippen molar-refractivity contribution < 1.29 is 19.4 Å². The maximum absolute atomic E-state index is 13.6. The van der Waals surface area contributed by atoms with E-state index in [0.29, 0.717) is 40.6 Å². The van der Waals surface area contributed by atoms with E-state index in [1.54, 1.807) is 19.9 Å². The van der Waals surface area contributed by atoms with E-state index in [9.17, 15) is 14.7 Å². The fourth-order valence-electron chi connectivity index (χ4n) is 3.86. The molecule has 0 aliphatic rings. The van der Waals surface area contributed by atoms with Gasteiger partial charge in [0.25, 0.3) is 0 Å². The number of pyridine rings is 1. The van der Waals surface area contributed by atoms with Gasteiger partial charge in [0, 0.05) is 36.2 Å². The van der Waals surface area contributed by atoms with Gasteiger partial charge in [0.2, 0.25) is 5.88 Å². The average Bonchev–Trinajstić information content (AvgIpc) is 3.00. The van der Waals surface area contributed by atoms with E-state index in [1.807, 2.05) is 55.7 Å². The number of nitrogens with zero attached hydrogens (tertiary/aromatic N) is 2. The van der Waals surface area contributed by atoms with Crippen LogP contribution in [0.1, 0.15) is 62.7 Å². The molecule has 3 rings (SSSR count). The molecule has 0 saturated heterocycles. The Labute approximate surface area is 199 Å². The summed E-state index contributed by atoms with van der Waals surface area (Å²) in [6.45, 7) is 9.82. The number of carbonyl (C=O) groups excluding carboxylic acids is 1. The molecule has 0 fully saturated rings. The van der Waals surface area contributed by atoms with Crippen LogP contribution in [-0.4, -0.2) is 33.5 Å². The quantitative estimate of drug-likeness (QED) is 0.407. The lowest BCUT2D eigenvalue weighted by atomic mass is 9.83. The fourth-order valence-corrected chi connectivity index (χ4v) is 3.99. The van der Waals surface area contributed by atoms with Crippen LogP contribution >= 0.6 is 11.6 Å². The maximum Gasteiger partial charge on any atom is 0.309 e. The first-order chi connectivity index (χ1) is 15.3. The molecule has 0 saturated carbocycles. The van der Waals surface area contributed by atoms with Gasteiger partial charge in [0.1, 0.15) is 5.52 Å². The van der Waals surface area contributed by atoms with Gasteiger partial charge in [-0.1, -0.05) is 44.5 Å². The predicted molar refractivity (Wildman–Crippen MR) is 130 cm³/mol. The summed E-state index contributed by atoms with van der Waals surface area (Å²) in [5.41, 5.74) is 2.11. The molecule has 1 aromatic carbocycles. The largest absolute Gasteiger partial charge is 0.481 e. The molecule has 0 aliphatic carbocycles. The zero-order valence-corrected chi connectivity index (χ0v) is 20.8. The summed E-state index contributed by atoms with van der Waals surface area (Å²) in [5, 5.41) is 10.5. The number of hydrogen-bond donors (Lipinski definition) is 1. The Morgan fingerprint density at radius 2 is 1.70 bits per heavy atom. The molecule has 33 heavy (non-hydrogen) atoms. The molecule has 0 radical (unpaired) electrons. The highest BCUT2D eigenvalue weighted by molar-refractivity contribution is 6.30. The number of carbonyl (C=O) groups is 2. The van der Waals surface area contributed by atoms with Crippen LogP contribution in [0.2, 0.25) is 5.02 Å². The van der Waals surface area contributed by atoms with Crippen LogP contribution in [-0.2, 0) is 17.8 Å². The van der Waals surface area contributed by atoms with Crippen LogP contribution in [0.15, 0.2) is 36.4 Å². The SMILES string of the molecule is COc1ccc2c(n1)c(C(=O)CC(C)(C)C)c(CC(C)(C)C(=O)O)n2Cc1ccc(Cl)cc1. The number of benzene rings is 1. The van der Waals surface area contributed by atoms with E-state index in [0.717, 1.165) is 11.1 Å². The van der Waals surface area contributed by atoms with Crippen molar-refractivity contribution in [3.8, 4) is 5.88 Å². The van der Waals surface area contributed by atoms with E-state index in [2.05, 4.69) is 4.98 Å². The molecular formula is C26H31ClN2O4. The summed E-state index contributed by atoms with van der Waals surface area (Å²) < 4.78 is 7.34. The third-order valence-corrected chi connectivity index (χ3v) is 5.86. The molecule has 3 aromatic rings. The molecule has 0 bridgehead atoms. The van der Waals surface area contributed by atoms with Crippen molar-refractivity contribution in [1.82, 2.24) is 9.55 Å². The Bertz CT molecular complexity index is 1190. The second kappa shape index (κ2) is 9.18.